The second kappa shape index (κ2) is 17.2. The lowest BCUT2D eigenvalue weighted by atomic mass is 9.99. The average Bonchev–Trinajstić information content (AvgIpc) is 2.75. The Morgan fingerprint density at radius 2 is 1.26 bits per heavy atom. The number of carboxylic acid groups (broad SMARTS) is 1. The Labute approximate surface area is 203 Å². The van der Waals surface area contributed by atoms with Crippen molar-refractivity contribution in [2.75, 3.05) is 13.1 Å². The summed E-state index contributed by atoms with van der Waals surface area (Å²) in [4.78, 5) is 50.0. The number of aliphatic carboxylic acids is 1. The summed E-state index contributed by atoms with van der Waals surface area (Å²) in [5.41, 5.74) is 17.0. The van der Waals surface area contributed by atoms with Gasteiger partial charge in [0.05, 0.1) is 6.04 Å². The van der Waals surface area contributed by atoms with Gasteiger partial charge in [0.1, 0.15) is 18.1 Å². The van der Waals surface area contributed by atoms with E-state index >= 15 is 0 Å². The van der Waals surface area contributed by atoms with Crippen molar-refractivity contribution in [2.24, 2.45) is 29.0 Å². The van der Waals surface area contributed by atoms with Gasteiger partial charge in [-0.15, -0.1) is 0 Å². The molecule has 4 atom stereocenters. The minimum atomic E-state index is -1.13. The Bertz CT molecular complexity index is 643. The van der Waals surface area contributed by atoms with Gasteiger partial charge < -0.3 is 38.3 Å². The molecule has 0 aromatic heterocycles. The maximum atomic E-state index is 13.1. The number of carbonyl (C=O) groups excluding carboxylic acids is 3. The molecule has 0 saturated carbocycles. The van der Waals surface area contributed by atoms with E-state index in [0.717, 1.165) is 6.42 Å². The molecular weight excluding hydrogens is 440 g/mol. The molecule has 0 heterocycles. The molecule has 4 unspecified atom stereocenters. The monoisotopic (exact) mass is 486 g/mol. The van der Waals surface area contributed by atoms with Gasteiger partial charge in [0.15, 0.2) is 0 Å². The molecule has 34 heavy (non-hydrogen) atoms. The van der Waals surface area contributed by atoms with E-state index in [1.165, 1.54) is 0 Å². The summed E-state index contributed by atoms with van der Waals surface area (Å²) in [5.74, 6) is -2.93. The second-order valence-corrected chi connectivity index (χ2v) is 9.50. The third-order valence-electron chi connectivity index (χ3n) is 5.45. The van der Waals surface area contributed by atoms with Crippen LogP contribution in [-0.4, -0.2) is 66.1 Å². The minimum absolute atomic E-state index is 0.0599. The van der Waals surface area contributed by atoms with Crippen LogP contribution in [-0.2, 0) is 19.2 Å². The molecule has 3 amide bonds. The summed E-state index contributed by atoms with van der Waals surface area (Å²) in [7, 11) is 0. The fourth-order valence-electron chi connectivity index (χ4n) is 3.42. The molecule has 0 aliphatic heterocycles. The molecule has 0 radical (unpaired) electrons. The first-order valence-corrected chi connectivity index (χ1v) is 12.2. The van der Waals surface area contributed by atoms with Crippen molar-refractivity contribution < 1.29 is 24.3 Å². The molecule has 11 heteroatoms. The normalized spacial score (nSPS) is 14.9. The first-order chi connectivity index (χ1) is 15.9. The molecule has 0 aromatic carbocycles. The SMILES string of the molecule is CC(C)CC(NC(=O)C(NC(=O)C(CCCCN)NC(=O)C(N)CCCCN)C(C)C)C(=O)O. The summed E-state index contributed by atoms with van der Waals surface area (Å²) in [5, 5.41) is 17.3. The number of hydrogen-bond acceptors (Lipinski definition) is 7. The number of carboxylic acids is 1. The Hall–Kier alpha value is -2.24. The van der Waals surface area contributed by atoms with Crippen LogP contribution in [0.4, 0.5) is 0 Å². The fraction of sp³-hybridized carbons (Fsp3) is 0.826. The maximum absolute atomic E-state index is 13.1. The summed E-state index contributed by atoms with van der Waals surface area (Å²) in [6.07, 6.45) is 3.77. The number of nitrogens with two attached hydrogens (primary N) is 3. The Morgan fingerprint density at radius 1 is 0.735 bits per heavy atom. The largest absolute Gasteiger partial charge is 0.480 e. The summed E-state index contributed by atoms with van der Waals surface area (Å²) >= 11 is 0. The van der Waals surface area contributed by atoms with Crippen LogP contribution in [0.3, 0.4) is 0 Å². The molecule has 0 fully saturated rings. The first-order valence-electron chi connectivity index (χ1n) is 12.2. The van der Waals surface area contributed by atoms with E-state index in [4.69, 9.17) is 17.2 Å². The van der Waals surface area contributed by atoms with Crippen LogP contribution >= 0.6 is 0 Å². The van der Waals surface area contributed by atoms with Crippen molar-refractivity contribution >= 4 is 23.7 Å². The van der Waals surface area contributed by atoms with E-state index in [2.05, 4.69) is 16.0 Å². The lowest BCUT2D eigenvalue weighted by Crippen LogP contribution is -2.58. The van der Waals surface area contributed by atoms with Crippen molar-refractivity contribution in [1.82, 2.24) is 16.0 Å². The second-order valence-electron chi connectivity index (χ2n) is 9.50. The number of rotatable bonds is 18. The summed E-state index contributed by atoms with van der Waals surface area (Å²) in [6, 6.07) is -3.68. The van der Waals surface area contributed by atoms with Gasteiger partial charge in [-0.1, -0.05) is 34.1 Å². The number of unbranched alkanes of at least 4 members (excludes halogenated alkanes) is 2. The highest BCUT2D eigenvalue weighted by Crippen LogP contribution is 2.10. The highest BCUT2D eigenvalue weighted by molar-refractivity contribution is 5.94. The average molecular weight is 487 g/mol. The van der Waals surface area contributed by atoms with E-state index in [-0.39, 0.29) is 18.3 Å². The molecule has 0 rings (SSSR count). The standard InChI is InChI=1S/C23H46N6O5/c1-14(2)13-18(23(33)34)28-22(32)19(15(3)4)29-21(31)17(10-6-8-12-25)27-20(30)16(26)9-5-7-11-24/h14-19H,5-13,24-26H2,1-4H3,(H,27,30)(H,28,32)(H,29,31)(H,33,34). The van der Waals surface area contributed by atoms with E-state index in [0.29, 0.717) is 45.2 Å². The maximum Gasteiger partial charge on any atom is 0.326 e. The highest BCUT2D eigenvalue weighted by Gasteiger charge is 2.31. The Kier molecular flexibility index (Phi) is 16.1. The van der Waals surface area contributed by atoms with Gasteiger partial charge in [-0.2, -0.15) is 0 Å². The van der Waals surface area contributed by atoms with Crippen LogP contribution in [0.1, 0.15) is 72.6 Å². The van der Waals surface area contributed by atoms with Gasteiger partial charge in [-0.3, -0.25) is 14.4 Å². The van der Waals surface area contributed by atoms with E-state index in [1.54, 1.807) is 13.8 Å². The minimum Gasteiger partial charge on any atom is -0.480 e. The van der Waals surface area contributed by atoms with Crippen LogP contribution in [0.2, 0.25) is 0 Å². The van der Waals surface area contributed by atoms with Crippen molar-refractivity contribution in [3.8, 4) is 0 Å². The van der Waals surface area contributed by atoms with Crippen molar-refractivity contribution in [1.29, 1.82) is 0 Å². The van der Waals surface area contributed by atoms with E-state index in [1.807, 2.05) is 13.8 Å². The van der Waals surface area contributed by atoms with Gasteiger partial charge in [-0.05, 0) is 63.5 Å². The summed E-state index contributed by atoms with van der Waals surface area (Å²) < 4.78 is 0. The topological polar surface area (TPSA) is 203 Å². The highest BCUT2D eigenvalue weighted by atomic mass is 16.4. The molecule has 198 valence electrons. The smallest absolute Gasteiger partial charge is 0.326 e. The van der Waals surface area contributed by atoms with Gasteiger partial charge in [0.2, 0.25) is 17.7 Å². The zero-order valence-corrected chi connectivity index (χ0v) is 21.1. The lowest BCUT2D eigenvalue weighted by Gasteiger charge is -2.27. The van der Waals surface area contributed by atoms with Crippen LogP contribution in [0, 0.1) is 11.8 Å². The van der Waals surface area contributed by atoms with Gasteiger partial charge in [0.25, 0.3) is 0 Å². The van der Waals surface area contributed by atoms with Gasteiger partial charge in [0, 0.05) is 0 Å². The van der Waals surface area contributed by atoms with Gasteiger partial charge >= 0.3 is 5.97 Å². The Balaban J connectivity index is 5.35. The quantitative estimate of drug-likeness (QED) is 0.129. The van der Waals surface area contributed by atoms with Crippen molar-refractivity contribution in [2.45, 2.75) is 96.8 Å². The van der Waals surface area contributed by atoms with Crippen molar-refractivity contribution in [3.05, 3.63) is 0 Å². The number of hydrogen-bond donors (Lipinski definition) is 7. The predicted molar refractivity (Wildman–Crippen MR) is 132 cm³/mol. The zero-order chi connectivity index (χ0) is 26.3. The van der Waals surface area contributed by atoms with Crippen molar-refractivity contribution in [3.63, 3.8) is 0 Å². The van der Waals surface area contributed by atoms with Crippen LogP contribution in [0.15, 0.2) is 0 Å². The molecule has 0 spiro atoms. The number of nitrogens with one attached hydrogen (secondary N) is 3. The molecule has 0 aliphatic rings. The Morgan fingerprint density at radius 3 is 1.74 bits per heavy atom. The molecule has 11 nitrogen and oxygen atoms in total. The van der Waals surface area contributed by atoms with E-state index in [9.17, 15) is 24.3 Å². The molecule has 0 saturated heterocycles. The van der Waals surface area contributed by atoms with Crippen LogP contribution in [0.5, 0.6) is 0 Å². The fourth-order valence-corrected chi connectivity index (χ4v) is 3.42. The molecule has 0 bridgehead atoms. The zero-order valence-electron chi connectivity index (χ0n) is 21.1. The predicted octanol–water partition coefficient (Wildman–Crippen LogP) is -0.187. The molecular formula is C23H46N6O5. The van der Waals surface area contributed by atoms with Crippen LogP contribution in [0.25, 0.3) is 0 Å². The number of carbonyl (C=O) groups is 4. The molecule has 0 aromatic rings. The third-order valence-corrected chi connectivity index (χ3v) is 5.45. The third kappa shape index (κ3) is 12.9. The first kappa shape index (κ1) is 31.8. The van der Waals surface area contributed by atoms with E-state index < -0.39 is 47.9 Å². The van der Waals surface area contributed by atoms with Gasteiger partial charge in [-0.25, -0.2) is 4.79 Å². The van der Waals surface area contributed by atoms with Crippen LogP contribution < -0.4 is 33.2 Å². The molecule has 0 aliphatic carbocycles. The molecule has 10 N–H and O–H groups in total. The lowest BCUT2D eigenvalue weighted by molar-refractivity contribution is -0.143. The summed E-state index contributed by atoms with van der Waals surface area (Å²) in [6.45, 7) is 8.18. The number of amides is 3.